The number of anilines is 1. The Hall–Kier alpha value is -3.38. The van der Waals surface area contributed by atoms with Crippen molar-refractivity contribution in [2.24, 2.45) is 0 Å². The minimum Gasteiger partial charge on any atom is -0.466 e. The van der Waals surface area contributed by atoms with Crippen molar-refractivity contribution in [3.8, 4) is 11.1 Å². The van der Waals surface area contributed by atoms with Crippen LogP contribution < -0.4 is 5.32 Å². The highest BCUT2D eigenvalue weighted by Crippen LogP contribution is 2.37. The third-order valence-electron chi connectivity index (χ3n) is 6.01. The van der Waals surface area contributed by atoms with Crippen LogP contribution in [0.4, 0.5) is 5.82 Å². The summed E-state index contributed by atoms with van der Waals surface area (Å²) in [6.07, 6.45) is 15.1. The number of thiophene rings is 1. The van der Waals surface area contributed by atoms with Crippen molar-refractivity contribution < 1.29 is 9.47 Å². The van der Waals surface area contributed by atoms with Gasteiger partial charge in [0, 0.05) is 30.3 Å². The summed E-state index contributed by atoms with van der Waals surface area (Å²) in [5, 5.41) is 6.73. The van der Waals surface area contributed by atoms with E-state index in [1.165, 1.54) is 22.3 Å². The smallest absolute Gasteiger partial charge is 0.143 e. The number of benzene rings is 1. The quantitative estimate of drug-likeness (QED) is 0.407. The summed E-state index contributed by atoms with van der Waals surface area (Å²) in [5.41, 5.74) is 6.30. The largest absolute Gasteiger partial charge is 0.466 e. The van der Waals surface area contributed by atoms with Crippen LogP contribution in [0.2, 0.25) is 0 Å². The van der Waals surface area contributed by atoms with Gasteiger partial charge in [-0.15, -0.1) is 11.3 Å². The van der Waals surface area contributed by atoms with Gasteiger partial charge in [0.15, 0.2) is 0 Å². The van der Waals surface area contributed by atoms with E-state index in [0.29, 0.717) is 13.0 Å². The molecule has 3 aromatic rings. The SMILES string of the molecule is Cc1ccc(-c2csc3ncnc(NCCC4=COC=C(CC5=CC=CCC5)O4)c23)cc1C. The van der Waals surface area contributed by atoms with E-state index in [1.54, 1.807) is 30.2 Å². The molecular formula is C27H27N3O2S. The highest BCUT2D eigenvalue weighted by Gasteiger charge is 2.15. The Bertz CT molecular complexity index is 1300. The van der Waals surface area contributed by atoms with Gasteiger partial charge in [0.25, 0.3) is 0 Å². The molecule has 0 saturated heterocycles. The summed E-state index contributed by atoms with van der Waals surface area (Å²) in [5.74, 6) is 2.52. The fourth-order valence-corrected chi connectivity index (χ4v) is 4.96. The summed E-state index contributed by atoms with van der Waals surface area (Å²) in [7, 11) is 0. The summed E-state index contributed by atoms with van der Waals surface area (Å²) < 4.78 is 11.6. The van der Waals surface area contributed by atoms with E-state index in [2.05, 4.69) is 70.9 Å². The zero-order chi connectivity index (χ0) is 22.6. The van der Waals surface area contributed by atoms with Crippen LogP contribution >= 0.6 is 11.3 Å². The molecule has 1 aliphatic carbocycles. The first-order valence-electron chi connectivity index (χ1n) is 11.3. The molecule has 5 nitrogen and oxygen atoms in total. The molecule has 0 amide bonds. The van der Waals surface area contributed by atoms with Gasteiger partial charge in [-0.2, -0.15) is 0 Å². The average molecular weight is 458 g/mol. The van der Waals surface area contributed by atoms with Crippen LogP contribution in [-0.4, -0.2) is 16.5 Å². The highest BCUT2D eigenvalue weighted by molar-refractivity contribution is 7.17. The first-order valence-corrected chi connectivity index (χ1v) is 12.1. The van der Waals surface area contributed by atoms with Crippen LogP contribution in [0, 0.1) is 13.8 Å². The number of aromatic nitrogens is 2. The maximum Gasteiger partial charge on any atom is 0.143 e. The van der Waals surface area contributed by atoms with Crippen molar-refractivity contribution in [3.05, 3.63) is 88.9 Å². The number of aryl methyl sites for hydroxylation is 2. The van der Waals surface area contributed by atoms with Gasteiger partial charge in [-0.3, -0.25) is 0 Å². The number of hydrogen-bond donors (Lipinski definition) is 1. The van der Waals surface area contributed by atoms with Crippen LogP contribution in [-0.2, 0) is 9.47 Å². The van der Waals surface area contributed by atoms with E-state index in [9.17, 15) is 0 Å². The van der Waals surface area contributed by atoms with E-state index >= 15 is 0 Å². The molecule has 1 aromatic carbocycles. The number of hydrogen-bond acceptors (Lipinski definition) is 6. The predicted octanol–water partition coefficient (Wildman–Crippen LogP) is 7.17. The maximum atomic E-state index is 6.08. The second-order valence-electron chi connectivity index (χ2n) is 8.40. The zero-order valence-electron chi connectivity index (χ0n) is 18.9. The lowest BCUT2D eigenvalue weighted by Gasteiger charge is -2.18. The van der Waals surface area contributed by atoms with E-state index in [4.69, 9.17) is 9.47 Å². The molecule has 33 heavy (non-hydrogen) atoms. The standard InChI is InChI=1S/C27H27N3O2S/c1-18-8-9-21(12-19(18)2)24-16-33-27-25(24)26(29-17-30-27)28-11-10-22-14-31-15-23(32-22)13-20-6-4-3-5-7-20/h3-4,6,8-9,12,14-17H,5,7,10-11,13H2,1-2H3,(H,28,29,30). The highest BCUT2D eigenvalue weighted by atomic mass is 32.1. The van der Waals surface area contributed by atoms with Gasteiger partial charge in [-0.05, 0) is 43.4 Å². The van der Waals surface area contributed by atoms with Crippen molar-refractivity contribution in [2.75, 3.05) is 11.9 Å². The molecule has 1 aliphatic heterocycles. The van der Waals surface area contributed by atoms with Gasteiger partial charge >= 0.3 is 0 Å². The predicted molar refractivity (Wildman–Crippen MR) is 135 cm³/mol. The van der Waals surface area contributed by atoms with Gasteiger partial charge in [-0.25, -0.2) is 9.97 Å². The van der Waals surface area contributed by atoms with Crippen molar-refractivity contribution in [1.82, 2.24) is 9.97 Å². The number of fused-ring (bicyclic) bond motifs is 1. The van der Waals surface area contributed by atoms with Crippen molar-refractivity contribution in [3.63, 3.8) is 0 Å². The number of nitrogens with one attached hydrogen (secondary N) is 1. The Labute approximate surface area is 198 Å². The van der Waals surface area contributed by atoms with Gasteiger partial charge in [0.1, 0.15) is 41.0 Å². The fourth-order valence-electron chi connectivity index (χ4n) is 4.05. The minimum atomic E-state index is 0.683. The van der Waals surface area contributed by atoms with Crippen LogP contribution in [0.5, 0.6) is 0 Å². The maximum absolute atomic E-state index is 6.08. The van der Waals surface area contributed by atoms with Crippen molar-refractivity contribution in [1.29, 1.82) is 0 Å². The monoisotopic (exact) mass is 457 g/mol. The molecule has 0 atom stereocenters. The molecular weight excluding hydrogens is 430 g/mol. The first kappa shape index (κ1) is 21.5. The van der Waals surface area contributed by atoms with Crippen LogP contribution in [0.25, 0.3) is 21.3 Å². The first-order chi connectivity index (χ1) is 16.2. The molecule has 0 radical (unpaired) electrons. The molecule has 168 valence electrons. The molecule has 0 unspecified atom stereocenters. The third-order valence-corrected chi connectivity index (χ3v) is 6.90. The van der Waals surface area contributed by atoms with Gasteiger partial charge in [-0.1, -0.05) is 42.0 Å². The normalized spacial score (nSPS) is 15.4. The summed E-state index contributed by atoms with van der Waals surface area (Å²) in [4.78, 5) is 10.0. The Morgan fingerprint density at radius 1 is 1.09 bits per heavy atom. The summed E-state index contributed by atoms with van der Waals surface area (Å²) in [6, 6.07) is 6.57. The Balaban J connectivity index is 1.26. The summed E-state index contributed by atoms with van der Waals surface area (Å²) in [6.45, 7) is 4.96. The molecule has 3 heterocycles. The Kier molecular flexibility index (Phi) is 6.26. The van der Waals surface area contributed by atoms with Crippen molar-refractivity contribution >= 4 is 27.4 Å². The average Bonchev–Trinajstić information content (AvgIpc) is 3.27. The van der Waals surface area contributed by atoms with Gasteiger partial charge in [0.2, 0.25) is 0 Å². The number of ether oxygens (including phenoxy) is 2. The minimum absolute atomic E-state index is 0.683. The Morgan fingerprint density at radius 2 is 2.00 bits per heavy atom. The van der Waals surface area contributed by atoms with Crippen molar-refractivity contribution in [2.45, 2.75) is 39.5 Å². The Morgan fingerprint density at radius 3 is 2.85 bits per heavy atom. The molecule has 5 rings (SSSR count). The molecule has 0 saturated carbocycles. The van der Waals surface area contributed by atoms with Gasteiger partial charge in [0.05, 0.1) is 5.39 Å². The fraction of sp³-hybridized carbons (Fsp3) is 0.259. The number of nitrogens with zero attached hydrogens (tertiary/aromatic N) is 2. The molecule has 1 N–H and O–H groups in total. The number of rotatable bonds is 7. The third kappa shape index (κ3) is 4.86. The van der Waals surface area contributed by atoms with Crippen LogP contribution in [0.1, 0.15) is 36.8 Å². The topological polar surface area (TPSA) is 56.3 Å². The molecule has 0 bridgehead atoms. The van der Waals surface area contributed by atoms with E-state index in [-0.39, 0.29) is 0 Å². The molecule has 0 spiro atoms. The second kappa shape index (κ2) is 9.63. The lowest BCUT2D eigenvalue weighted by Crippen LogP contribution is -2.09. The molecule has 0 fully saturated rings. The molecule has 2 aromatic heterocycles. The molecule has 6 heteroatoms. The molecule has 2 aliphatic rings. The van der Waals surface area contributed by atoms with Crippen LogP contribution in [0.3, 0.4) is 0 Å². The number of allylic oxidation sites excluding steroid dienone is 4. The van der Waals surface area contributed by atoms with E-state index in [1.807, 2.05) is 0 Å². The lowest BCUT2D eigenvalue weighted by molar-refractivity contribution is 0.209. The van der Waals surface area contributed by atoms with E-state index < -0.39 is 0 Å². The van der Waals surface area contributed by atoms with Crippen LogP contribution in [0.15, 0.2) is 77.8 Å². The zero-order valence-corrected chi connectivity index (χ0v) is 19.7. The summed E-state index contributed by atoms with van der Waals surface area (Å²) >= 11 is 1.65. The second-order valence-corrected chi connectivity index (χ2v) is 9.26. The lowest BCUT2D eigenvalue weighted by atomic mass is 10.0. The van der Waals surface area contributed by atoms with E-state index in [0.717, 1.165) is 52.4 Å². The van der Waals surface area contributed by atoms with Gasteiger partial charge < -0.3 is 14.8 Å².